The number of aromatic nitrogens is 2. The lowest BCUT2D eigenvalue weighted by Crippen LogP contribution is -2.49. The molecule has 0 bridgehead atoms. The van der Waals surface area contributed by atoms with Crippen molar-refractivity contribution in [2.45, 2.75) is 32.1 Å². The summed E-state index contributed by atoms with van der Waals surface area (Å²) >= 11 is 0. The molecule has 2 aliphatic rings. The third kappa shape index (κ3) is 3.17. The number of carboxylic acids is 1. The summed E-state index contributed by atoms with van der Waals surface area (Å²) in [5, 5.41) is 9.13. The van der Waals surface area contributed by atoms with Gasteiger partial charge in [-0.2, -0.15) is 13.2 Å². The molecule has 2 aliphatic heterocycles. The van der Waals surface area contributed by atoms with Gasteiger partial charge in [0, 0.05) is 39.0 Å². The minimum Gasteiger partial charge on any atom is -0.476 e. The molecule has 1 aromatic heterocycles. The lowest BCUT2D eigenvalue weighted by Gasteiger charge is -2.35. The third-order valence-corrected chi connectivity index (χ3v) is 4.32. The fourth-order valence-corrected chi connectivity index (χ4v) is 3.07. The predicted octanol–water partition coefficient (Wildman–Crippen LogP) is 1.20. The molecule has 0 saturated carbocycles. The highest BCUT2D eigenvalue weighted by Crippen LogP contribution is 2.32. The van der Waals surface area contributed by atoms with Gasteiger partial charge in [-0.25, -0.2) is 14.6 Å². The van der Waals surface area contributed by atoms with Crippen molar-refractivity contribution < 1.29 is 32.7 Å². The van der Waals surface area contributed by atoms with Crippen LogP contribution in [0, 0.1) is 0 Å². The van der Waals surface area contributed by atoms with Gasteiger partial charge in [0.25, 0.3) is 0 Å². The second kappa shape index (κ2) is 6.05. The molecule has 0 aliphatic carbocycles. The number of urea groups is 1. The van der Waals surface area contributed by atoms with Gasteiger partial charge in [0.15, 0.2) is 5.69 Å². The molecule has 2 amide bonds. The number of hydrogen-bond donors (Lipinski definition) is 1. The summed E-state index contributed by atoms with van der Waals surface area (Å²) in [5.41, 5.74) is -0.842. The van der Waals surface area contributed by atoms with E-state index in [2.05, 4.69) is 4.98 Å². The Morgan fingerprint density at radius 3 is 2.24 bits per heavy atom. The number of alkyl halides is 3. The molecule has 3 heterocycles. The molecular formula is C14H15F3N4O4. The third-order valence-electron chi connectivity index (χ3n) is 4.32. The summed E-state index contributed by atoms with van der Waals surface area (Å²) < 4.78 is 39.9. The minimum absolute atomic E-state index is 0.00871. The zero-order valence-electron chi connectivity index (χ0n) is 13.0. The van der Waals surface area contributed by atoms with Gasteiger partial charge in [-0.05, 0) is 0 Å². The minimum atomic E-state index is -4.78. The lowest BCUT2D eigenvalue weighted by molar-refractivity contribution is -0.147. The first-order valence-corrected chi connectivity index (χ1v) is 7.64. The van der Waals surface area contributed by atoms with E-state index in [4.69, 9.17) is 5.11 Å². The quantitative estimate of drug-likeness (QED) is 0.812. The molecule has 25 heavy (non-hydrogen) atoms. The summed E-state index contributed by atoms with van der Waals surface area (Å²) in [4.78, 5) is 41.0. The standard InChI is InChI=1S/C14H15F3N4O4/c15-14(16,17)12-18-10(11(23)24)9-7-20(5-6-21(9)12)13(25)19-3-1-8(22)2-4-19/h1-7H2,(H,23,24). The second-order valence-corrected chi connectivity index (χ2v) is 5.92. The number of rotatable bonds is 1. The number of likely N-dealkylation sites (tertiary alicyclic amines) is 1. The molecule has 1 saturated heterocycles. The van der Waals surface area contributed by atoms with Crippen molar-refractivity contribution in [1.29, 1.82) is 0 Å². The maximum absolute atomic E-state index is 13.0. The zero-order chi connectivity index (χ0) is 18.4. The number of amides is 2. The van der Waals surface area contributed by atoms with E-state index >= 15 is 0 Å². The van der Waals surface area contributed by atoms with Crippen LogP contribution in [0.15, 0.2) is 0 Å². The summed E-state index contributed by atoms with van der Waals surface area (Å²) in [6.45, 7) is 0.0613. The number of fused-ring (bicyclic) bond motifs is 1. The number of Topliss-reactive ketones (excluding diaryl/α,β-unsaturated/α-hetero) is 1. The Morgan fingerprint density at radius 2 is 1.68 bits per heavy atom. The zero-order valence-corrected chi connectivity index (χ0v) is 13.0. The van der Waals surface area contributed by atoms with E-state index in [0.717, 1.165) is 4.57 Å². The molecule has 3 rings (SSSR count). The number of carboxylic acid groups (broad SMARTS) is 1. The van der Waals surface area contributed by atoms with E-state index < -0.39 is 29.7 Å². The Balaban J connectivity index is 1.85. The number of nitrogens with zero attached hydrogens (tertiary/aromatic N) is 4. The molecule has 0 spiro atoms. The number of imidazole rings is 1. The van der Waals surface area contributed by atoms with Crippen LogP contribution < -0.4 is 0 Å². The van der Waals surface area contributed by atoms with Gasteiger partial charge in [0.1, 0.15) is 5.78 Å². The Kier molecular flexibility index (Phi) is 4.17. The van der Waals surface area contributed by atoms with Crippen molar-refractivity contribution in [3.05, 3.63) is 17.2 Å². The van der Waals surface area contributed by atoms with Crippen LogP contribution in [0.4, 0.5) is 18.0 Å². The molecule has 1 N–H and O–H groups in total. The van der Waals surface area contributed by atoms with Gasteiger partial charge >= 0.3 is 18.2 Å². The van der Waals surface area contributed by atoms with E-state index in [0.29, 0.717) is 0 Å². The predicted molar refractivity (Wildman–Crippen MR) is 75.8 cm³/mol. The molecule has 1 fully saturated rings. The molecule has 0 aromatic carbocycles. The van der Waals surface area contributed by atoms with Crippen molar-refractivity contribution in [3.63, 3.8) is 0 Å². The van der Waals surface area contributed by atoms with Crippen molar-refractivity contribution in [2.24, 2.45) is 0 Å². The largest absolute Gasteiger partial charge is 0.476 e. The maximum atomic E-state index is 13.0. The molecule has 136 valence electrons. The number of piperidine rings is 1. The van der Waals surface area contributed by atoms with Gasteiger partial charge in [-0.3, -0.25) is 4.79 Å². The van der Waals surface area contributed by atoms with Crippen LogP contribution in [0.5, 0.6) is 0 Å². The number of hydrogen-bond acceptors (Lipinski definition) is 4. The average molecular weight is 360 g/mol. The Morgan fingerprint density at radius 1 is 1.04 bits per heavy atom. The summed E-state index contributed by atoms with van der Waals surface area (Å²) in [5.74, 6) is -2.78. The molecule has 0 radical (unpaired) electrons. The molecular weight excluding hydrogens is 345 g/mol. The second-order valence-electron chi connectivity index (χ2n) is 5.92. The first-order chi connectivity index (χ1) is 11.7. The summed E-state index contributed by atoms with van der Waals surface area (Å²) in [6.07, 6.45) is -4.28. The van der Waals surface area contributed by atoms with E-state index in [1.54, 1.807) is 0 Å². The Bertz CT molecular complexity index is 733. The smallest absolute Gasteiger partial charge is 0.449 e. The van der Waals surface area contributed by atoms with E-state index in [9.17, 15) is 27.6 Å². The number of carbonyl (C=O) groups excluding carboxylic acids is 2. The van der Waals surface area contributed by atoms with Crippen molar-refractivity contribution in [1.82, 2.24) is 19.4 Å². The van der Waals surface area contributed by atoms with Gasteiger partial charge in [0.2, 0.25) is 5.82 Å². The number of aromatic carboxylic acids is 1. The van der Waals surface area contributed by atoms with E-state index in [-0.39, 0.29) is 57.0 Å². The normalized spacial score (nSPS) is 18.3. The fraction of sp³-hybridized carbons (Fsp3) is 0.571. The van der Waals surface area contributed by atoms with Crippen LogP contribution in [0.1, 0.15) is 34.8 Å². The van der Waals surface area contributed by atoms with Crippen LogP contribution in [-0.4, -0.2) is 61.9 Å². The number of carbonyl (C=O) groups is 3. The monoisotopic (exact) mass is 360 g/mol. The average Bonchev–Trinajstić information content (AvgIpc) is 2.94. The van der Waals surface area contributed by atoms with Crippen LogP contribution in [0.2, 0.25) is 0 Å². The van der Waals surface area contributed by atoms with Crippen LogP contribution in [0.3, 0.4) is 0 Å². The summed E-state index contributed by atoms with van der Waals surface area (Å²) in [6, 6.07) is -0.412. The highest BCUT2D eigenvalue weighted by Gasteiger charge is 2.42. The first kappa shape index (κ1) is 17.2. The van der Waals surface area contributed by atoms with Crippen molar-refractivity contribution in [3.8, 4) is 0 Å². The fourth-order valence-electron chi connectivity index (χ4n) is 3.07. The Labute approximate surface area is 139 Å². The highest BCUT2D eigenvalue weighted by atomic mass is 19.4. The SMILES string of the molecule is O=C1CCN(C(=O)N2CCn3c(C(F)(F)F)nc(C(=O)O)c3C2)CC1. The van der Waals surface area contributed by atoms with E-state index in [1.807, 2.05) is 0 Å². The molecule has 1 aromatic rings. The lowest BCUT2D eigenvalue weighted by atomic mass is 10.1. The van der Waals surface area contributed by atoms with Gasteiger partial charge < -0.3 is 19.5 Å². The number of halogens is 3. The van der Waals surface area contributed by atoms with Crippen LogP contribution >= 0.6 is 0 Å². The maximum Gasteiger partial charge on any atom is 0.449 e. The molecule has 8 nitrogen and oxygen atoms in total. The van der Waals surface area contributed by atoms with Crippen LogP contribution in [-0.2, 0) is 24.1 Å². The Hall–Kier alpha value is -2.59. The van der Waals surface area contributed by atoms with Gasteiger partial charge in [-0.15, -0.1) is 0 Å². The molecule has 0 atom stereocenters. The van der Waals surface area contributed by atoms with Crippen molar-refractivity contribution in [2.75, 3.05) is 19.6 Å². The number of ketones is 1. The first-order valence-electron chi connectivity index (χ1n) is 7.64. The molecule has 11 heteroatoms. The van der Waals surface area contributed by atoms with E-state index in [1.165, 1.54) is 9.80 Å². The molecule has 0 unspecified atom stereocenters. The van der Waals surface area contributed by atoms with Crippen LogP contribution in [0.25, 0.3) is 0 Å². The topological polar surface area (TPSA) is 95.7 Å². The van der Waals surface area contributed by atoms with Gasteiger partial charge in [0.05, 0.1) is 12.2 Å². The highest BCUT2D eigenvalue weighted by molar-refractivity contribution is 5.87. The van der Waals surface area contributed by atoms with Crippen molar-refractivity contribution >= 4 is 17.8 Å². The summed E-state index contributed by atoms with van der Waals surface area (Å²) in [7, 11) is 0. The van der Waals surface area contributed by atoms with Gasteiger partial charge in [-0.1, -0.05) is 0 Å².